The van der Waals surface area contributed by atoms with Crippen molar-refractivity contribution in [1.29, 1.82) is 0 Å². The van der Waals surface area contributed by atoms with Crippen LogP contribution >= 0.6 is 0 Å². The lowest BCUT2D eigenvalue weighted by Gasteiger charge is -2.10. The fourth-order valence-electron chi connectivity index (χ4n) is 6.54. The third-order valence-corrected chi connectivity index (χ3v) is 8.32. The molecule has 3 aromatic heterocycles. The van der Waals surface area contributed by atoms with Crippen LogP contribution in [0.5, 0.6) is 0 Å². The fourth-order valence-corrected chi connectivity index (χ4v) is 6.54. The van der Waals surface area contributed by atoms with E-state index in [0.717, 1.165) is 66.2 Å². The van der Waals surface area contributed by atoms with Crippen molar-refractivity contribution in [2.24, 2.45) is 0 Å². The molecule has 3 heterocycles. The fraction of sp³-hybridized carbons (Fsp3) is 0. The first-order valence-corrected chi connectivity index (χ1v) is 13.6. The molecular weight excluding hydrogens is 502 g/mol. The van der Waals surface area contributed by atoms with Gasteiger partial charge < -0.3 is 13.6 Å². The predicted octanol–water partition coefficient (Wildman–Crippen LogP) is 10.3. The summed E-state index contributed by atoms with van der Waals surface area (Å²) in [5.74, 6) is 0. The van der Waals surface area contributed by atoms with Gasteiger partial charge in [0.25, 0.3) is 0 Å². The highest BCUT2D eigenvalue weighted by atomic mass is 16.3. The molecule has 4 heteroatoms. The molecule has 0 bridgehead atoms. The van der Waals surface area contributed by atoms with Gasteiger partial charge in [0.05, 0.1) is 28.6 Å². The van der Waals surface area contributed by atoms with E-state index in [9.17, 15) is 0 Å². The molecule has 9 aromatic rings. The number of hydrogen-bond donors (Lipinski definition) is 0. The van der Waals surface area contributed by atoms with E-state index in [2.05, 4.69) is 117 Å². The van der Waals surface area contributed by atoms with Crippen molar-refractivity contribution in [3.8, 4) is 11.4 Å². The Kier molecular flexibility index (Phi) is 4.37. The Morgan fingerprint density at radius 2 is 0.951 bits per heavy atom. The molecule has 9 rings (SSSR count). The van der Waals surface area contributed by atoms with E-state index in [1.807, 2.05) is 24.3 Å². The topological polar surface area (TPSA) is 27.4 Å². The summed E-state index contributed by atoms with van der Waals surface area (Å²) >= 11 is 0. The maximum absolute atomic E-state index is 7.52. The third kappa shape index (κ3) is 3.03. The smallest absolute Gasteiger partial charge is 0.188 e. The van der Waals surface area contributed by atoms with Gasteiger partial charge in [0.15, 0.2) is 5.69 Å². The largest absolute Gasteiger partial charge is 0.456 e. The Balaban J connectivity index is 1.33. The standard InChI is InChI=1S/C37H21N3O/c1-38-23-14-17-34-29(20-23)26-8-2-5-11-32(26)39(34)24-15-18-35-30(21-24)27-9-3-6-12-33(27)40(35)25-16-19-37-31(22-25)28-10-4-7-13-36(28)41-37/h2-22H. The first-order valence-electron chi connectivity index (χ1n) is 13.6. The van der Waals surface area contributed by atoms with Crippen LogP contribution in [0.15, 0.2) is 132 Å². The Labute approximate surface area is 234 Å². The SMILES string of the molecule is [C-]#[N+]c1ccc2c(c1)c1ccccc1n2-c1ccc2c(c1)c1ccccc1n2-c1ccc2oc3ccccc3c2c1. The van der Waals surface area contributed by atoms with Gasteiger partial charge in [-0.15, -0.1) is 0 Å². The lowest BCUT2D eigenvalue weighted by atomic mass is 10.1. The second-order valence-electron chi connectivity index (χ2n) is 10.5. The summed E-state index contributed by atoms with van der Waals surface area (Å²) in [4.78, 5) is 3.68. The number of furan rings is 1. The van der Waals surface area contributed by atoms with E-state index < -0.39 is 0 Å². The van der Waals surface area contributed by atoms with Crippen molar-refractivity contribution in [3.63, 3.8) is 0 Å². The molecule has 190 valence electrons. The van der Waals surface area contributed by atoms with Crippen LogP contribution in [0.2, 0.25) is 0 Å². The van der Waals surface area contributed by atoms with Crippen molar-refractivity contribution in [2.45, 2.75) is 0 Å². The van der Waals surface area contributed by atoms with Crippen LogP contribution < -0.4 is 0 Å². The summed E-state index contributed by atoms with van der Waals surface area (Å²) in [5.41, 5.74) is 9.19. The zero-order chi connectivity index (χ0) is 27.1. The van der Waals surface area contributed by atoms with Gasteiger partial charge in [0, 0.05) is 38.3 Å². The average Bonchev–Trinajstić information content (AvgIpc) is 3.67. The molecule has 0 aliphatic rings. The highest BCUT2D eigenvalue weighted by molar-refractivity contribution is 6.13. The molecule has 0 unspecified atom stereocenters. The molecule has 0 aliphatic carbocycles. The summed E-state index contributed by atoms with van der Waals surface area (Å²) < 4.78 is 10.8. The molecule has 0 radical (unpaired) electrons. The van der Waals surface area contributed by atoms with Gasteiger partial charge in [-0.2, -0.15) is 0 Å². The van der Waals surface area contributed by atoms with Crippen LogP contribution in [0.1, 0.15) is 0 Å². The Morgan fingerprint density at radius 1 is 0.439 bits per heavy atom. The van der Waals surface area contributed by atoms with Gasteiger partial charge in [-0.3, -0.25) is 0 Å². The normalized spacial score (nSPS) is 11.9. The van der Waals surface area contributed by atoms with Gasteiger partial charge in [-0.1, -0.05) is 60.7 Å². The number of fused-ring (bicyclic) bond motifs is 9. The predicted molar refractivity (Wildman–Crippen MR) is 169 cm³/mol. The number of nitrogens with zero attached hydrogens (tertiary/aromatic N) is 3. The molecule has 4 nitrogen and oxygen atoms in total. The summed E-state index contributed by atoms with van der Waals surface area (Å²) in [6, 6.07) is 44.4. The van der Waals surface area contributed by atoms with Crippen LogP contribution in [0.25, 0.3) is 81.8 Å². The van der Waals surface area contributed by atoms with Gasteiger partial charge in [-0.25, -0.2) is 4.85 Å². The third-order valence-electron chi connectivity index (χ3n) is 8.32. The van der Waals surface area contributed by atoms with E-state index in [1.54, 1.807) is 0 Å². The summed E-state index contributed by atoms with van der Waals surface area (Å²) in [6.45, 7) is 7.52. The highest BCUT2D eigenvalue weighted by Crippen LogP contribution is 2.39. The van der Waals surface area contributed by atoms with Crippen LogP contribution in [0.4, 0.5) is 5.69 Å². The molecule has 0 saturated heterocycles. The molecule has 0 atom stereocenters. The summed E-state index contributed by atoms with van der Waals surface area (Å²) in [5, 5.41) is 6.88. The lowest BCUT2D eigenvalue weighted by molar-refractivity contribution is 0.669. The molecule has 0 amide bonds. The second kappa shape index (κ2) is 8.11. The lowest BCUT2D eigenvalue weighted by Crippen LogP contribution is -1.95. The number of benzene rings is 6. The molecule has 41 heavy (non-hydrogen) atoms. The quantitative estimate of drug-likeness (QED) is 0.207. The minimum Gasteiger partial charge on any atom is -0.456 e. The molecule has 0 aliphatic heterocycles. The van der Waals surface area contributed by atoms with Crippen LogP contribution in [0.3, 0.4) is 0 Å². The first kappa shape index (κ1) is 22.1. The van der Waals surface area contributed by atoms with E-state index in [-0.39, 0.29) is 0 Å². The van der Waals surface area contributed by atoms with E-state index in [4.69, 9.17) is 11.0 Å². The van der Waals surface area contributed by atoms with Gasteiger partial charge >= 0.3 is 0 Å². The Bertz CT molecular complexity index is 2550. The van der Waals surface area contributed by atoms with Gasteiger partial charge in [-0.05, 0) is 72.1 Å². The highest BCUT2D eigenvalue weighted by Gasteiger charge is 2.17. The van der Waals surface area contributed by atoms with Crippen molar-refractivity contribution in [1.82, 2.24) is 9.13 Å². The molecule has 0 saturated carbocycles. The van der Waals surface area contributed by atoms with Crippen LogP contribution in [-0.2, 0) is 0 Å². The number of rotatable bonds is 2. The number of hydrogen-bond acceptors (Lipinski definition) is 1. The summed E-state index contributed by atoms with van der Waals surface area (Å²) in [6.07, 6.45) is 0. The van der Waals surface area contributed by atoms with Crippen molar-refractivity contribution in [3.05, 3.63) is 139 Å². The van der Waals surface area contributed by atoms with E-state index in [1.165, 1.54) is 10.8 Å². The Morgan fingerprint density at radius 3 is 1.66 bits per heavy atom. The van der Waals surface area contributed by atoms with Crippen LogP contribution in [-0.4, -0.2) is 9.13 Å². The van der Waals surface area contributed by atoms with Crippen molar-refractivity contribution >= 4 is 71.2 Å². The average molecular weight is 524 g/mol. The first-order chi connectivity index (χ1) is 20.3. The number of para-hydroxylation sites is 3. The maximum atomic E-state index is 7.52. The minimum absolute atomic E-state index is 0.654. The summed E-state index contributed by atoms with van der Waals surface area (Å²) in [7, 11) is 0. The minimum atomic E-state index is 0.654. The molecule has 0 spiro atoms. The second-order valence-corrected chi connectivity index (χ2v) is 10.5. The van der Waals surface area contributed by atoms with Crippen LogP contribution in [0, 0.1) is 6.57 Å². The van der Waals surface area contributed by atoms with E-state index in [0.29, 0.717) is 5.69 Å². The number of aromatic nitrogens is 2. The molecule has 6 aromatic carbocycles. The zero-order valence-corrected chi connectivity index (χ0v) is 21.9. The monoisotopic (exact) mass is 523 g/mol. The van der Waals surface area contributed by atoms with E-state index >= 15 is 0 Å². The molecule has 0 N–H and O–H groups in total. The maximum Gasteiger partial charge on any atom is 0.188 e. The van der Waals surface area contributed by atoms with Crippen molar-refractivity contribution < 1.29 is 4.42 Å². The zero-order valence-electron chi connectivity index (χ0n) is 21.9. The van der Waals surface area contributed by atoms with Crippen molar-refractivity contribution in [2.75, 3.05) is 0 Å². The van der Waals surface area contributed by atoms with Gasteiger partial charge in [0.1, 0.15) is 11.2 Å². The molecular formula is C37H21N3O. The van der Waals surface area contributed by atoms with Gasteiger partial charge in [0.2, 0.25) is 0 Å². The Hall–Kier alpha value is -5.79. The molecule has 0 fully saturated rings.